The summed E-state index contributed by atoms with van der Waals surface area (Å²) in [6, 6.07) is 10.8. The van der Waals surface area contributed by atoms with Crippen LogP contribution in [0.15, 0.2) is 47.8 Å². The number of nitrogens with zero attached hydrogens (tertiary/aromatic N) is 2. The minimum Gasteiger partial charge on any atom is -0.494 e. The van der Waals surface area contributed by atoms with Crippen LogP contribution in [0.2, 0.25) is 0 Å². The highest BCUT2D eigenvalue weighted by atomic mass is 32.1. The monoisotopic (exact) mass is 468 g/mol. The summed E-state index contributed by atoms with van der Waals surface area (Å²) in [7, 11) is 1.51. The number of amides is 3. The number of hydrogen-bond donors (Lipinski definition) is 2. The summed E-state index contributed by atoms with van der Waals surface area (Å²) in [5.41, 5.74) is 1.58. The van der Waals surface area contributed by atoms with Crippen LogP contribution in [-0.4, -0.2) is 36.4 Å². The van der Waals surface area contributed by atoms with Crippen molar-refractivity contribution in [1.82, 2.24) is 4.98 Å². The molecule has 3 amide bonds. The van der Waals surface area contributed by atoms with Gasteiger partial charge in [-0.2, -0.15) is 0 Å². The fourth-order valence-corrected chi connectivity index (χ4v) is 4.21. The third kappa shape index (κ3) is 5.17. The zero-order valence-electron chi connectivity index (χ0n) is 17.8. The number of rotatable bonds is 7. The molecule has 0 spiro atoms. The number of hydrogen-bond acceptors (Lipinski definition) is 6. The normalized spacial score (nSPS) is 13.2. The highest BCUT2D eigenvalue weighted by Crippen LogP contribution is 2.34. The number of ether oxygens (including phenoxy) is 1. The Morgan fingerprint density at radius 3 is 2.76 bits per heavy atom. The van der Waals surface area contributed by atoms with Gasteiger partial charge in [0.1, 0.15) is 11.6 Å². The second kappa shape index (κ2) is 9.78. The van der Waals surface area contributed by atoms with Gasteiger partial charge in [-0.15, -0.1) is 11.3 Å². The summed E-state index contributed by atoms with van der Waals surface area (Å²) in [5.74, 6) is -0.996. The molecule has 2 aromatic carbocycles. The molecule has 1 aromatic heterocycles. The highest BCUT2D eigenvalue weighted by molar-refractivity contribution is 7.14. The molecular weight excluding hydrogens is 447 g/mol. The van der Waals surface area contributed by atoms with E-state index in [9.17, 15) is 18.8 Å². The number of anilines is 3. The van der Waals surface area contributed by atoms with E-state index in [0.717, 1.165) is 17.8 Å². The van der Waals surface area contributed by atoms with Crippen LogP contribution in [0.3, 0.4) is 0 Å². The molecule has 0 saturated carbocycles. The van der Waals surface area contributed by atoms with E-state index in [0.29, 0.717) is 35.8 Å². The molecule has 1 aliphatic rings. The summed E-state index contributed by atoms with van der Waals surface area (Å²) in [6.45, 7) is 0.639. The van der Waals surface area contributed by atoms with Crippen molar-refractivity contribution < 1.29 is 23.5 Å². The smallest absolute Gasteiger partial charge is 0.260 e. The molecule has 2 N–H and O–H groups in total. The molecule has 4 rings (SSSR count). The number of aromatic nitrogens is 1. The lowest BCUT2D eigenvalue weighted by atomic mass is 10.2. The van der Waals surface area contributed by atoms with Crippen molar-refractivity contribution >= 4 is 45.6 Å². The number of thiazole rings is 1. The Balaban J connectivity index is 1.37. The van der Waals surface area contributed by atoms with Gasteiger partial charge in [0, 0.05) is 30.1 Å². The van der Waals surface area contributed by atoms with Crippen molar-refractivity contribution in [3.8, 4) is 5.75 Å². The maximum Gasteiger partial charge on any atom is 0.260 e. The molecule has 2 heterocycles. The quantitative estimate of drug-likeness (QED) is 0.549. The second-order valence-corrected chi connectivity index (χ2v) is 8.20. The largest absolute Gasteiger partial charge is 0.494 e. The van der Waals surface area contributed by atoms with Crippen molar-refractivity contribution in [2.75, 3.05) is 29.2 Å². The number of halogens is 1. The Morgan fingerprint density at radius 2 is 2.03 bits per heavy atom. The molecular formula is C23H21FN4O4S. The van der Waals surface area contributed by atoms with Crippen LogP contribution in [0.5, 0.6) is 5.75 Å². The van der Waals surface area contributed by atoms with Gasteiger partial charge in [0.05, 0.1) is 30.5 Å². The first-order valence-corrected chi connectivity index (χ1v) is 11.1. The Labute approximate surface area is 193 Å². The van der Waals surface area contributed by atoms with Crippen molar-refractivity contribution in [1.29, 1.82) is 0 Å². The molecule has 0 unspecified atom stereocenters. The summed E-state index contributed by atoms with van der Waals surface area (Å²) in [4.78, 5) is 42.6. The molecule has 1 aliphatic heterocycles. The van der Waals surface area contributed by atoms with E-state index in [-0.39, 0.29) is 28.9 Å². The van der Waals surface area contributed by atoms with E-state index in [1.165, 1.54) is 25.3 Å². The molecule has 170 valence electrons. The molecule has 0 radical (unpaired) electrons. The first-order chi connectivity index (χ1) is 15.9. The SMILES string of the molecule is COc1cc(NC(=O)Cc2csc(NC(=O)c3ccccc3F)n2)ccc1N1CCCC1=O. The number of nitrogens with one attached hydrogen (secondary N) is 2. The molecule has 0 atom stereocenters. The van der Waals surface area contributed by atoms with E-state index < -0.39 is 11.7 Å². The Morgan fingerprint density at radius 1 is 1.21 bits per heavy atom. The van der Waals surface area contributed by atoms with Gasteiger partial charge in [0.15, 0.2) is 5.13 Å². The fraction of sp³-hybridized carbons (Fsp3) is 0.217. The van der Waals surface area contributed by atoms with Gasteiger partial charge in [-0.1, -0.05) is 12.1 Å². The number of carbonyl (C=O) groups excluding carboxylic acids is 3. The van der Waals surface area contributed by atoms with Gasteiger partial charge in [-0.05, 0) is 30.7 Å². The van der Waals surface area contributed by atoms with E-state index in [1.807, 2.05) is 0 Å². The summed E-state index contributed by atoms with van der Waals surface area (Å²) in [6.07, 6.45) is 1.30. The molecule has 0 aliphatic carbocycles. The van der Waals surface area contributed by atoms with Crippen LogP contribution in [0.4, 0.5) is 20.9 Å². The maximum atomic E-state index is 13.8. The standard InChI is InChI=1S/C23H21FN4O4S/c1-32-19-11-14(8-9-18(19)28-10-4-7-21(28)30)25-20(29)12-15-13-33-23(26-15)27-22(31)16-5-2-3-6-17(16)24/h2-3,5-6,8-9,11,13H,4,7,10,12H2,1H3,(H,25,29)(H,26,27,31). The van der Waals surface area contributed by atoms with Crippen molar-refractivity contribution in [2.45, 2.75) is 19.3 Å². The minimum atomic E-state index is -0.623. The lowest BCUT2D eigenvalue weighted by Gasteiger charge is -2.19. The highest BCUT2D eigenvalue weighted by Gasteiger charge is 2.24. The van der Waals surface area contributed by atoms with Crippen molar-refractivity contribution in [3.63, 3.8) is 0 Å². The van der Waals surface area contributed by atoms with E-state index in [1.54, 1.807) is 34.5 Å². The zero-order chi connectivity index (χ0) is 23.4. The first-order valence-electron chi connectivity index (χ1n) is 10.2. The second-order valence-electron chi connectivity index (χ2n) is 7.34. The van der Waals surface area contributed by atoms with Crippen LogP contribution in [0.25, 0.3) is 0 Å². The van der Waals surface area contributed by atoms with Gasteiger partial charge in [-0.25, -0.2) is 9.37 Å². The van der Waals surface area contributed by atoms with Crippen LogP contribution in [0.1, 0.15) is 28.9 Å². The fourth-order valence-electron chi connectivity index (χ4n) is 3.51. The lowest BCUT2D eigenvalue weighted by Crippen LogP contribution is -2.24. The maximum absolute atomic E-state index is 13.8. The van der Waals surface area contributed by atoms with Crippen LogP contribution in [0, 0.1) is 5.82 Å². The van der Waals surface area contributed by atoms with Gasteiger partial charge in [0.25, 0.3) is 5.91 Å². The Bertz CT molecular complexity index is 1210. The first kappa shape index (κ1) is 22.4. The molecule has 8 nitrogen and oxygen atoms in total. The topological polar surface area (TPSA) is 101 Å². The predicted molar refractivity (Wildman–Crippen MR) is 123 cm³/mol. The third-order valence-electron chi connectivity index (χ3n) is 5.06. The Hall–Kier alpha value is -3.79. The zero-order valence-corrected chi connectivity index (χ0v) is 18.6. The average Bonchev–Trinajstić information content (AvgIpc) is 3.42. The lowest BCUT2D eigenvalue weighted by molar-refractivity contribution is -0.117. The van der Waals surface area contributed by atoms with Crippen molar-refractivity contribution in [2.24, 2.45) is 0 Å². The van der Waals surface area contributed by atoms with Crippen LogP contribution in [-0.2, 0) is 16.0 Å². The summed E-state index contributed by atoms with van der Waals surface area (Å²) >= 11 is 1.15. The van der Waals surface area contributed by atoms with Gasteiger partial charge in [0.2, 0.25) is 11.8 Å². The van der Waals surface area contributed by atoms with Crippen molar-refractivity contribution in [3.05, 3.63) is 64.9 Å². The molecule has 1 saturated heterocycles. The molecule has 0 bridgehead atoms. The van der Waals surface area contributed by atoms with Gasteiger partial charge < -0.3 is 15.0 Å². The number of methoxy groups -OCH3 is 1. The number of benzene rings is 2. The third-order valence-corrected chi connectivity index (χ3v) is 5.87. The Kier molecular flexibility index (Phi) is 6.64. The number of carbonyl (C=O) groups is 3. The molecule has 33 heavy (non-hydrogen) atoms. The average molecular weight is 469 g/mol. The minimum absolute atomic E-state index is 0.0131. The van der Waals surface area contributed by atoms with E-state index >= 15 is 0 Å². The molecule has 3 aromatic rings. The summed E-state index contributed by atoms with van der Waals surface area (Å²) < 4.78 is 19.2. The molecule has 10 heteroatoms. The predicted octanol–water partition coefficient (Wildman–Crippen LogP) is 3.85. The molecule has 1 fully saturated rings. The van der Waals surface area contributed by atoms with E-state index in [2.05, 4.69) is 15.6 Å². The van der Waals surface area contributed by atoms with Gasteiger partial charge >= 0.3 is 0 Å². The van der Waals surface area contributed by atoms with Crippen LogP contribution >= 0.6 is 11.3 Å². The van der Waals surface area contributed by atoms with E-state index in [4.69, 9.17) is 4.74 Å². The van der Waals surface area contributed by atoms with Crippen LogP contribution < -0.4 is 20.3 Å². The summed E-state index contributed by atoms with van der Waals surface area (Å²) in [5, 5.41) is 7.25. The van der Waals surface area contributed by atoms with Gasteiger partial charge in [-0.3, -0.25) is 19.7 Å².